The fourth-order valence-electron chi connectivity index (χ4n) is 1.81. The molecular formula is C13H14FNO3S. The number of rotatable bonds is 4. The molecular weight excluding hydrogens is 269 g/mol. The van der Waals surface area contributed by atoms with Crippen molar-refractivity contribution in [2.24, 2.45) is 0 Å². The molecule has 0 aliphatic carbocycles. The van der Waals surface area contributed by atoms with Crippen molar-refractivity contribution < 1.29 is 17.2 Å². The number of furan rings is 1. The van der Waals surface area contributed by atoms with E-state index < -0.39 is 21.9 Å². The Bertz CT molecular complexity index is 665. The number of nitrogens with one attached hydrogen (secondary N) is 1. The SMILES string of the molecule is Cc1cc(F)ccc1S(=O)(=O)NC(C)c1ccco1. The summed E-state index contributed by atoms with van der Waals surface area (Å²) in [5.74, 6) is 0.0545. The summed E-state index contributed by atoms with van der Waals surface area (Å²) in [6.07, 6.45) is 1.48. The number of benzene rings is 1. The highest BCUT2D eigenvalue weighted by molar-refractivity contribution is 7.89. The molecule has 0 radical (unpaired) electrons. The Morgan fingerprint density at radius 1 is 1.32 bits per heavy atom. The molecule has 0 saturated heterocycles. The van der Waals surface area contributed by atoms with E-state index in [-0.39, 0.29) is 4.90 Å². The highest BCUT2D eigenvalue weighted by atomic mass is 32.2. The molecule has 0 saturated carbocycles. The molecule has 1 aromatic heterocycles. The molecule has 1 atom stereocenters. The zero-order chi connectivity index (χ0) is 14.0. The van der Waals surface area contributed by atoms with Crippen LogP contribution in [0.15, 0.2) is 45.9 Å². The molecule has 102 valence electrons. The molecule has 0 spiro atoms. The summed E-state index contributed by atoms with van der Waals surface area (Å²) in [5, 5.41) is 0. The van der Waals surface area contributed by atoms with Crippen molar-refractivity contribution in [3.8, 4) is 0 Å². The molecule has 4 nitrogen and oxygen atoms in total. The third-order valence-electron chi connectivity index (χ3n) is 2.73. The van der Waals surface area contributed by atoms with Crippen LogP contribution in [0.2, 0.25) is 0 Å². The molecule has 2 rings (SSSR count). The monoisotopic (exact) mass is 283 g/mol. The standard InChI is InChI=1S/C13H14FNO3S/c1-9-8-11(14)5-6-13(9)19(16,17)15-10(2)12-4-3-7-18-12/h3-8,10,15H,1-2H3. The van der Waals surface area contributed by atoms with E-state index in [1.807, 2.05) is 0 Å². The van der Waals surface area contributed by atoms with Gasteiger partial charge in [0.05, 0.1) is 17.2 Å². The minimum absolute atomic E-state index is 0.0623. The molecule has 0 aliphatic heterocycles. The molecule has 0 fully saturated rings. The van der Waals surface area contributed by atoms with Gasteiger partial charge in [-0.3, -0.25) is 0 Å². The molecule has 6 heteroatoms. The first kappa shape index (κ1) is 13.8. The molecule has 0 amide bonds. The Hall–Kier alpha value is -1.66. The Morgan fingerprint density at radius 2 is 2.05 bits per heavy atom. The van der Waals surface area contributed by atoms with Crippen molar-refractivity contribution >= 4 is 10.0 Å². The minimum Gasteiger partial charge on any atom is -0.468 e. The van der Waals surface area contributed by atoms with Gasteiger partial charge in [-0.25, -0.2) is 17.5 Å². The predicted molar refractivity (Wildman–Crippen MR) is 68.6 cm³/mol. The average molecular weight is 283 g/mol. The molecule has 0 aliphatic rings. The second-order valence-corrected chi connectivity index (χ2v) is 5.95. The first-order valence-electron chi connectivity index (χ1n) is 5.72. The third kappa shape index (κ3) is 3.02. The molecule has 1 unspecified atom stereocenters. The van der Waals surface area contributed by atoms with Crippen LogP contribution in [-0.4, -0.2) is 8.42 Å². The van der Waals surface area contributed by atoms with Crippen molar-refractivity contribution in [3.05, 3.63) is 53.7 Å². The minimum atomic E-state index is -3.71. The van der Waals surface area contributed by atoms with Crippen LogP contribution in [0.3, 0.4) is 0 Å². The molecule has 2 aromatic rings. The Kier molecular flexibility index (Phi) is 3.73. The highest BCUT2D eigenvalue weighted by Gasteiger charge is 2.21. The van der Waals surface area contributed by atoms with Crippen LogP contribution in [0.1, 0.15) is 24.3 Å². The van der Waals surface area contributed by atoms with Crippen molar-refractivity contribution in [2.45, 2.75) is 24.8 Å². The molecule has 19 heavy (non-hydrogen) atoms. The summed E-state index contributed by atoms with van der Waals surface area (Å²) < 4.78 is 45.0. The van der Waals surface area contributed by atoms with E-state index in [1.54, 1.807) is 26.0 Å². The molecule has 0 bridgehead atoms. The number of aryl methyl sites for hydroxylation is 1. The Morgan fingerprint density at radius 3 is 2.63 bits per heavy atom. The van der Waals surface area contributed by atoms with Crippen LogP contribution in [0.4, 0.5) is 4.39 Å². The lowest BCUT2D eigenvalue weighted by molar-refractivity contribution is 0.459. The normalized spacial score (nSPS) is 13.4. The van der Waals surface area contributed by atoms with Crippen LogP contribution in [0.5, 0.6) is 0 Å². The molecule has 1 aromatic carbocycles. The van der Waals surface area contributed by atoms with Gasteiger partial charge in [-0.2, -0.15) is 0 Å². The first-order chi connectivity index (χ1) is 8.90. The van der Waals surface area contributed by atoms with Gasteiger partial charge in [-0.1, -0.05) is 0 Å². The fraction of sp³-hybridized carbons (Fsp3) is 0.231. The van der Waals surface area contributed by atoms with E-state index in [1.165, 1.54) is 18.4 Å². The van der Waals surface area contributed by atoms with Crippen LogP contribution < -0.4 is 4.72 Å². The van der Waals surface area contributed by atoms with Crippen LogP contribution in [0.25, 0.3) is 0 Å². The topological polar surface area (TPSA) is 59.3 Å². The summed E-state index contributed by atoms with van der Waals surface area (Å²) in [5.41, 5.74) is 0.360. The van der Waals surface area contributed by atoms with Gasteiger partial charge in [0.2, 0.25) is 10.0 Å². The van der Waals surface area contributed by atoms with E-state index >= 15 is 0 Å². The van der Waals surface area contributed by atoms with Crippen molar-refractivity contribution in [1.82, 2.24) is 4.72 Å². The van der Waals surface area contributed by atoms with E-state index in [0.717, 1.165) is 6.07 Å². The van der Waals surface area contributed by atoms with E-state index in [4.69, 9.17) is 4.42 Å². The average Bonchev–Trinajstić information content (AvgIpc) is 2.80. The van der Waals surface area contributed by atoms with E-state index in [9.17, 15) is 12.8 Å². The Labute approximate surface area is 111 Å². The lowest BCUT2D eigenvalue weighted by atomic mass is 10.2. The lowest BCUT2D eigenvalue weighted by Crippen LogP contribution is -2.27. The van der Waals surface area contributed by atoms with Crippen molar-refractivity contribution in [1.29, 1.82) is 0 Å². The zero-order valence-corrected chi connectivity index (χ0v) is 11.4. The number of hydrogen-bond donors (Lipinski definition) is 1. The van der Waals surface area contributed by atoms with Crippen LogP contribution >= 0.6 is 0 Å². The van der Waals surface area contributed by atoms with Gasteiger partial charge in [-0.15, -0.1) is 0 Å². The van der Waals surface area contributed by atoms with Crippen molar-refractivity contribution in [3.63, 3.8) is 0 Å². The second-order valence-electron chi connectivity index (χ2n) is 4.27. The quantitative estimate of drug-likeness (QED) is 0.938. The van der Waals surface area contributed by atoms with Gasteiger partial charge >= 0.3 is 0 Å². The smallest absolute Gasteiger partial charge is 0.241 e. The summed E-state index contributed by atoms with van der Waals surface area (Å²) in [6, 6.07) is 6.44. The van der Waals surface area contributed by atoms with Gasteiger partial charge in [0, 0.05) is 0 Å². The van der Waals surface area contributed by atoms with E-state index in [0.29, 0.717) is 11.3 Å². The summed E-state index contributed by atoms with van der Waals surface area (Å²) >= 11 is 0. The molecule has 1 heterocycles. The number of halogens is 1. The Balaban J connectivity index is 2.28. The van der Waals surface area contributed by atoms with Gasteiger partial charge in [0.25, 0.3) is 0 Å². The summed E-state index contributed by atoms with van der Waals surface area (Å²) in [6.45, 7) is 3.23. The summed E-state index contributed by atoms with van der Waals surface area (Å²) in [7, 11) is -3.71. The largest absolute Gasteiger partial charge is 0.468 e. The maximum Gasteiger partial charge on any atom is 0.241 e. The van der Waals surface area contributed by atoms with Crippen molar-refractivity contribution in [2.75, 3.05) is 0 Å². The highest BCUT2D eigenvalue weighted by Crippen LogP contribution is 2.20. The van der Waals surface area contributed by atoms with Gasteiger partial charge in [-0.05, 0) is 49.7 Å². The number of hydrogen-bond acceptors (Lipinski definition) is 3. The zero-order valence-electron chi connectivity index (χ0n) is 10.6. The lowest BCUT2D eigenvalue weighted by Gasteiger charge is -2.13. The third-order valence-corrected chi connectivity index (χ3v) is 4.43. The second kappa shape index (κ2) is 5.14. The van der Waals surface area contributed by atoms with E-state index in [2.05, 4.69) is 4.72 Å². The first-order valence-corrected chi connectivity index (χ1v) is 7.20. The van der Waals surface area contributed by atoms with Crippen LogP contribution in [-0.2, 0) is 10.0 Å². The van der Waals surface area contributed by atoms with Gasteiger partial charge in [0.1, 0.15) is 11.6 Å². The van der Waals surface area contributed by atoms with Crippen LogP contribution in [0, 0.1) is 12.7 Å². The maximum absolute atomic E-state index is 13.0. The maximum atomic E-state index is 13.0. The predicted octanol–water partition coefficient (Wildman–Crippen LogP) is 2.77. The van der Waals surface area contributed by atoms with Gasteiger partial charge < -0.3 is 4.42 Å². The van der Waals surface area contributed by atoms with Gasteiger partial charge in [0.15, 0.2) is 0 Å². The number of sulfonamides is 1. The summed E-state index contributed by atoms with van der Waals surface area (Å²) in [4.78, 5) is 0.0623. The molecule has 1 N–H and O–H groups in total. The fourth-order valence-corrected chi connectivity index (χ4v) is 3.24.